The highest BCUT2D eigenvalue weighted by atomic mass is 32.2. The Kier molecular flexibility index (Phi) is 5.40. The Balaban J connectivity index is 1.89. The van der Waals surface area contributed by atoms with Gasteiger partial charge < -0.3 is 5.11 Å². The van der Waals surface area contributed by atoms with Crippen LogP contribution in [-0.2, 0) is 22.1 Å². The molecule has 5 nitrogen and oxygen atoms in total. The molecule has 120 valence electrons. The van der Waals surface area contributed by atoms with Gasteiger partial charge >= 0.3 is 0 Å². The number of aromatic nitrogens is 1. The molecule has 0 bridgehead atoms. The van der Waals surface area contributed by atoms with E-state index in [-0.39, 0.29) is 17.8 Å². The van der Waals surface area contributed by atoms with Crippen LogP contribution in [0.25, 0.3) is 0 Å². The lowest BCUT2D eigenvalue weighted by molar-refractivity contribution is 0.0379. The summed E-state index contributed by atoms with van der Waals surface area (Å²) in [5.74, 6) is 0.0289. The van der Waals surface area contributed by atoms with E-state index < -0.39 is 9.84 Å². The minimum absolute atomic E-state index is 0.0289. The second kappa shape index (κ2) is 6.73. The number of hydrogen-bond donors (Lipinski definition) is 1. The van der Waals surface area contributed by atoms with Crippen molar-refractivity contribution in [2.24, 2.45) is 5.41 Å². The van der Waals surface area contributed by atoms with Crippen molar-refractivity contribution in [3.05, 3.63) is 16.1 Å². The van der Waals surface area contributed by atoms with Crippen molar-refractivity contribution in [1.29, 1.82) is 0 Å². The van der Waals surface area contributed by atoms with E-state index in [2.05, 4.69) is 16.8 Å². The van der Waals surface area contributed by atoms with E-state index in [9.17, 15) is 13.5 Å². The zero-order valence-corrected chi connectivity index (χ0v) is 14.3. The molecule has 1 saturated heterocycles. The van der Waals surface area contributed by atoms with E-state index in [0.717, 1.165) is 44.6 Å². The molecule has 1 aliphatic rings. The minimum atomic E-state index is -3.01. The standard InChI is InChI=1S/C14H24N2O3S2/c1-3-14(11-17)4-6-16(7-5-14)8-12-9-20-13(15-12)10-21(2,18)19/h9,17H,3-8,10-11H2,1-2H3. The van der Waals surface area contributed by atoms with Crippen molar-refractivity contribution in [2.45, 2.75) is 38.5 Å². The molecule has 0 aliphatic carbocycles. The Morgan fingerprint density at radius 2 is 2.10 bits per heavy atom. The van der Waals surface area contributed by atoms with Crippen molar-refractivity contribution in [1.82, 2.24) is 9.88 Å². The predicted octanol–water partition coefficient (Wildman–Crippen LogP) is 1.67. The molecule has 0 amide bonds. The van der Waals surface area contributed by atoms with Crippen LogP contribution < -0.4 is 0 Å². The molecule has 0 saturated carbocycles. The van der Waals surface area contributed by atoms with Gasteiger partial charge in [0.1, 0.15) is 10.8 Å². The lowest BCUT2D eigenvalue weighted by Crippen LogP contribution is -2.41. The predicted molar refractivity (Wildman–Crippen MR) is 85.0 cm³/mol. The van der Waals surface area contributed by atoms with Gasteiger partial charge in [-0.2, -0.15) is 0 Å². The number of aliphatic hydroxyl groups excluding tert-OH is 1. The number of aliphatic hydroxyl groups is 1. The normalized spacial score (nSPS) is 19.8. The highest BCUT2D eigenvalue weighted by Crippen LogP contribution is 2.34. The van der Waals surface area contributed by atoms with Crippen molar-refractivity contribution in [3.63, 3.8) is 0 Å². The molecule has 21 heavy (non-hydrogen) atoms. The molecule has 0 atom stereocenters. The van der Waals surface area contributed by atoms with Gasteiger partial charge in [-0.15, -0.1) is 11.3 Å². The van der Waals surface area contributed by atoms with Crippen LogP contribution in [0.3, 0.4) is 0 Å². The summed E-state index contributed by atoms with van der Waals surface area (Å²) in [5, 5.41) is 12.2. The zero-order valence-electron chi connectivity index (χ0n) is 12.7. The molecule has 1 fully saturated rings. The van der Waals surface area contributed by atoms with Crippen LogP contribution in [-0.4, -0.2) is 49.4 Å². The second-order valence-corrected chi connectivity index (χ2v) is 9.17. The van der Waals surface area contributed by atoms with Gasteiger partial charge in [0.25, 0.3) is 0 Å². The smallest absolute Gasteiger partial charge is 0.153 e. The summed E-state index contributed by atoms with van der Waals surface area (Å²) in [6.45, 7) is 5.11. The third-order valence-electron chi connectivity index (χ3n) is 4.37. The monoisotopic (exact) mass is 332 g/mol. The highest BCUT2D eigenvalue weighted by molar-refractivity contribution is 7.90. The van der Waals surface area contributed by atoms with Crippen LogP contribution in [0.2, 0.25) is 0 Å². The molecule has 7 heteroatoms. The van der Waals surface area contributed by atoms with Crippen LogP contribution in [0, 0.1) is 5.41 Å². The Hall–Kier alpha value is -0.500. The fraction of sp³-hybridized carbons (Fsp3) is 0.786. The third kappa shape index (κ3) is 4.74. The van der Waals surface area contributed by atoms with Crippen molar-refractivity contribution in [3.8, 4) is 0 Å². The lowest BCUT2D eigenvalue weighted by Gasteiger charge is -2.40. The summed E-state index contributed by atoms with van der Waals surface area (Å²) >= 11 is 1.42. The Morgan fingerprint density at radius 3 is 2.62 bits per heavy atom. The van der Waals surface area contributed by atoms with Crippen LogP contribution in [0.4, 0.5) is 0 Å². The molecule has 1 aromatic heterocycles. The summed E-state index contributed by atoms with van der Waals surface area (Å²) in [6.07, 6.45) is 4.28. The van der Waals surface area contributed by atoms with Crippen LogP contribution >= 0.6 is 11.3 Å². The molecule has 0 unspecified atom stereocenters. The average Bonchev–Trinajstić information content (AvgIpc) is 2.85. The molecule has 1 aromatic rings. The van der Waals surface area contributed by atoms with Crippen molar-refractivity contribution < 1.29 is 13.5 Å². The molecule has 0 aromatic carbocycles. The van der Waals surface area contributed by atoms with Gasteiger partial charge in [-0.1, -0.05) is 6.92 Å². The molecule has 0 spiro atoms. The maximum atomic E-state index is 11.3. The minimum Gasteiger partial charge on any atom is -0.396 e. The first-order valence-corrected chi connectivity index (χ1v) is 10.2. The zero-order chi connectivity index (χ0) is 15.5. The number of piperidine rings is 1. The fourth-order valence-corrected chi connectivity index (χ4v) is 4.75. The summed E-state index contributed by atoms with van der Waals surface area (Å²) in [5.41, 5.74) is 1.05. The van der Waals surface area contributed by atoms with Gasteiger partial charge in [0, 0.05) is 24.8 Å². The van der Waals surface area contributed by atoms with Crippen LogP contribution in [0.5, 0.6) is 0 Å². The second-order valence-electron chi connectivity index (χ2n) is 6.09. The van der Waals surface area contributed by atoms with E-state index in [1.165, 1.54) is 17.6 Å². The molecule has 2 rings (SSSR count). The largest absolute Gasteiger partial charge is 0.396 e. The highest BCUT2D eigenvalue weighted by Gasteiger charge is 2.32. The first-order chi connectivity index (χ1) is 9.86. The van der Waals surface area contributed by atoms with Crippen LogP contribution in [0.15, 0.2) is 5.38 Å². The maximum Gasteiger partial charge on any atom is 0.153 e. The van der Waals surface area contributed by atoms with Gasteiger partial charge in [-0.05, 0) is 37.8 Å². The third-order valence-corrected chi connectivity index (χ3v) is 6.25. The molecule has 1 N–H and O–H groups in total. The number of hydrogen-bond acceptors (Lipinski definition) is 6. The fourth-order valence-electron chi connectivity index (χ4n) is 2.75. The van der Waals surface area contributed by atoms with Gasteiger partial charge in [-0.3, -0.25) is 4.90 Å². The Morgan fingerprint density at radius 1 is 1.43 bits per heavy atom. The average molecular weight is 332 g/mol. The number of thiazole rings is 1. The summed E-state index contributed by atoms with van der Waals surface area (Å²) in [4.78, 5) is 6.75. The summed E-state index contributed by atoms with van der Waals surface area (Å²) in [6, 6.07) is 0. The number of rotatable bonds is 6. The Bertz CT molecular complexity index is 555. The molecule has 1 aliphatic heterocycles. The Labute approximate surface area is 130 Å². The first kappa shape index (κ1) is 16.9. The van der Waals surface area contributed by atoms with Crippen molar-refractivity contribution in [2.75, 3.05) is 26.0 Å². The quantitative estimate of drug-likeness (QED) is 0.858. The number of likely N-dealkylation sites (tertiary alicyclic amines) is 1. The van der Waals surface area contributed by atoms with Crippen molar-refractivity contribution >= 4 is 21.2 Å². The van der Waals surface area contributed by atoms with E-state index >= 15 is 0 Å². The van der Waals surface area contributed by atoms with Gasteiger partial charge in [0.15, 0.2) is 9.84 Å². The molecular weight excluding hydrogens is 308 g/mol. The lowest BCUT2D eigenvalue weighted by atomic mass is 9.77. The van der Waals surface area contributed by atoms with Gasteiger partial charge in [0.05, 0.1) is 5.69 Å². The summed E-state index contributed by atoms with van der Waals surface area (Å²) < 4.78 is 22.5. The van der Waals surface area contributed by atoms with E-state index in [1.54, 1.807) is 0 Å². The number of nitrogens with zero attached hydrogens (tertiary/aromatic N) is 2. The van der Waals surface area contributed by atoms with E-state index in [1.807, 2.05) is 5.38 Å². The molecule has 0 radical (unpaired) electrons. The number of sulfone groups is 1. The molecular formula is C14H24N2O3S2. The van der Waals surface area contributed by atoms with Crippen LogP contribution in [0.1, 0.15) is 36.9 Å². The van der Waals surface area contributed by atoms with E-state index in [4.69, 9.17) is 0 Å². The molecule has 2 heterocycles. The summed E-state index contributed by atoms with van der Waals surface area (Å²) in [7, 11) is -3.01. The topological polar surface area (TPSA) is 70.5 Å². The van der Waals surface area contributed by atoms with Gasteiger partial charge in [-0.25, -0.2) is 13.4 Å². The van der Waals surface area contributed by atoms with Gasteiger partial charge in [0.2, 0.25) is 0 Å². The SMILES string of the molecule is CCC1(CO)CCN(Cc2csc(CS(C)(=O)=O)n2)CC1. The van der Waals surface area contributed by atoms with E-state index in [0.29, 0.717) is 5.01 Å². The maximum absolute atomic E-state index is 11.3. The first-order valence-electron chi connectivity index (χ1n) is 7.30.